The molecule has 1 atom stereocenters. The van der Waals surface area contributed by atoms with Crippen LogP contribution in [0.3, 0.4) is 0 Å². The maximum Gasteiger partial charge on any atom is 0.255 e. The molecule has 3 rings (SSSR count). The number of anilines is 1. The molecule has 1 N–H and O–H groups in total. The smallest absolute Gasteiger partial charge is 0.255 e. The number of hydrogen-bond acceptors (Lipinski definition) is 4. The van der Waals surface area contributed by atoms with E-state index in [0.717, 1.165) is 23.8 Å². The topological polar surface area (TPSA) is 83.6 Å². The molecule has 1 fully saturated rings. The SMILES string of the molecule is C[C@@H]1CCCN(S(=O)(=O)c2ccc(NS(=O)(=O)/C=C/c3ccccc3)cc2)C1. The summed E-state index contributed by atoms with van der Waals surface area (Å²) < 4.78 is 53.9. The highest BCUT2D eigenvalue weighted by Crippen LogP contribution is 2.24. The Hall–Kier alpha value is -2.16. The van der Waals surface area contributed by atoms with Crippen LogP contribution in [0.4, 0.5) is 5.69 Å². The first kappa shape index (κ1) is 20.6. The van der Waals surface area contributed by atoms with Crippen molar-refractivity contribution < 1.29 is 16.8 Å². The molecule has 2 aromatic rings. The number of sulfonamides is 2. The molecule has 0 bridgehead atoms. The second kappa shape index (κ2) is 8.46. The van der Waals surface area contributed by atoms with Gasteiger partial charge in [-0.05, 0) is 54.7 Å². The van der Waals surface area contributed by atoms with Crippen LogP contribution in [0.25, 0.3) is 6.08 Å². The summed E-state index contributed by atoms with van der Waals surface area (Å²) >= 11 is 0. The Morgan fingerprint density at radius 3 is 2.32 bits per heavy atom. The van der Waals surface area contributed by atoms with Crippen molar-refractivity contribution in [3.8, 4) is 0 Å². The van der Waals surface area contributed by atoms with Crippen LogP contribution in [0.15, 0.2) is 64.9 Å². The van der Waals surface area contributed by atoms with Crippen LogP contribution in [-0.4, -0.2) is 34.2 Å². The fraction of sp³-hybridized carbons (Fsp3) is 0.300. The predicted molar refractivity (Wildman–Crippen MR) is 112 cm³/mol. The number of nitrogens with one attached hydrogen (secondary N) is 1. The summed E-state index contributed by atoms with van der Waals surface area (Å²) in [4.78, 5) is 0.171. The number of rotatable bonds is 6. The van der Waals surface area contributed by atoms with Gasteiger partial charge in [-0.15, -0.1) is 0 Å². The van der Waals surface area contributed by atoms with Crippen molar-refractivity contribution in [2.45, 2.75) is 24.7 Å². The van der Waals surface area contributed by atoms with Gasteiger partial charge in [-0.3, -0.25) is 4.72 Å². The van der Waals surface area contributed by atoms with Gasteiger partial charge in [-0.1, -0.05) is 37.3 Å². The average Bonchev–Trinajstić information content (AvgIpc) is 2.67. The maximum atomic E-state index is 12.8. The van der Waals surface area contributed by atoms with Gasteiger partial charge in [0.2, 0.25) is 10.0 Å². The number of piperidine rings is 1. The number of benzene rings is 2. The van der Waals surface area contributed by atoms with E-state index in [1.54, 1.807) is 12.1 Å². The molecule has 1 heterocycles. The molecule has 2 aromatic carbocycles. The summed E-state index contributed by atoms with van der Waals surface area (Å²) in [6.45, 7) is 3.08. The molecule has 28 heavy (non-hydrogen) atoms. The number of nitrogens with zero attached hydrogens (tertiary/aromatic N) is 1. The van der Waals surface area contributed by atoms with Crippen LogP contribution in [0, 0.1) is 5.92 Å². The summed E-state index contributed by atoms with van der Waals surface area (Å²) in [5.74, 6) is 0.339. The normalized spacial score (nSPS) is 19.0. The Morgan fingerprint density at radius 2 is 1.68 bits per heavy atom. The van der Waals surface area contributed by atoms with Gasteiger partial charge < -0.3 is 0 Å². The molecule has 8 heteroatoms. The Kier molecular flexibility index (Phi) is 6.22. The molecule has 0 saturated carbocycles. The van der Waals surface area contributed by atoms with Crippen molar-refractivity contribution >= 4 is 31.8 Å². The molecule has 0 amide bonds. The standard InChI is InChI=1S/C20H24N2O4S2/c1-17-6-5-14-22(16-17)28(25,26)20-11-9-19(10-12-20)21-27(23,24)15-13-18-7-3-2-4-8-18/h2-4,7-13,15,17,21H,5-6,14,16H2,1H3/b15-13+/t17-/m1/s1. The van der Waals surface area contributed by atoms with E-state index < -0.39 is 20.0 Å². The zero-order valence-electron chi connectivity index (χ0n) is 15.7. The molecule has 0 aromatic heterocycles. The van der Waals surface area contributed by atoms with Gasteiger partial charge in [0.05, 0.1) is 10.3 Å². The predicted octanol–water partition coefficient (Wildman–Crippen LogP) is 3.52. The zero-order chi connectivity index (χ0) is 20.2. The van der Waals surface area contributed by atoms with Gasteiger partial charge in [0.25, 0.3) is 10.0 Å². The van der Waals surface area contributed by atoms with E-state index in [9.17, 15) is 16.8 Å². The lowest BCUT2D eigenvalue weighted by atomic mass is 10.0. The third kappa shape index (κ3) is 5.21. The molecule has 1 saturated heterocycles. The van der Waals surface area contributed by atoms with Crippen LogP contribution < -0.4 is 4.72 Å². The molecular weight excluding hydrogens is 396 g/mol. The molecule has 1 aliphatic rings. The van der Waals surface area contributed by atoms with Crippen molar-refractivity contribution in [1.82, 2.24) is 4.31 Å². The van der Waals surface area contributed by atoms with E-state index in [4.69, 9.17) is 0 Å². The zero-order valence-corrected chi connectivity index (χ0v) is 17.3. The van der Waals surface area contributed by atoms with E-state index in [2.05, 4.69) is 4.72 Å². The average molecular weight is 421 g/mol. The highest BCUT2D eigenvalue weighted by Gasteiger charge is 2.28. The van der Waals surface area contributed by atoms with Gasteiger partial charge >= 0.3 is 0 Å². The molecule has 0 aliphatic carbocycles. The minimum absolute atomic E-state index is 0.171. The van der Waals surface area contributed by atoms with Crippen LogP contribution in [0.5, 0.6) is 0 Å². The highest BCUT2D eigenvalue weighted by atomic mass is 32.2. The summed E-state index contributed by atoms with van der Waals surface area (Å²) in [6.07, 6.45) is 3.38. The van der Waals surface area contributed by atoms with E-state index in [-0.39, 0.29) is 4.90 Å². The Labute approximate surface area is 167 Å². The summed E-state index contributed by atoms with van der Waals surface area (Å²) in [7, 11) is -7.26. The lowest BCUT2D eigenvalue weighted by Crippen LogP contribution is -2.39. The van der Waals surface area contributed by atoms with E-state index in [1.165, 1.54) is 34.6 Å². The Balaban J connectivity index is 1.71. The largest absolute Gasteiger partial charge is 0.280 e. The van der Waals surface area contributed by atoms with Crippen molar-refractivity contribution in [2.24, 2.45) is 5.92 Å². The highest BCUT2D eigenvalue weighted by molar-refractivity contribution is 7.95. The van der Waals surface area contributed by atoms with E-state index in [1.807, 2.05) is 25.1 Å². The minimum Gasteiger partial charge on any atom is -0.280 e. The van der Waals surface area contributed by atoms with E-state index >= 15 is 0 Å². The quantitative estimate of drug-likeness (QED) is 0.775. The molecular formula is C20H24N2O4S2. The molecule has 1 aliphatic heterocycles. The first-order valence-corrected chi connectivity index (χ1v) is 12.1. The third-order valence-electron chi connectivity index (χ3n) is 4.61. The van der Waals surface area contributed by atoms with Gasteiger partial charge in [0.15, 0.2) is 0 Å². The molecule has 0 spiro atoms. The summed E-state index contributed by atoms with van der Waals surface area (Å²) in [6, 6.07) is 14.9. The Morgan fingerprint density at radius 1 is 1.00 bits per heavy atom. The maximum absolute atomic E-state index is 12.8. The van der Waals surface area contributed by atoms with Gasteiger partial charge in [0.1, 0.15) is 0 Å². The first-order valence-electron chi connectivity index (χ1n) is 9.12. The van der Waals surface area contributed by atoms with E-state index in [0.29, 0.717) is 24.7 Å². The third-order valence-corrected chi connectivity index (χ3v) is 7.51. The van der Waals surface area contributed by atoms with Crippen LogP contribution in [-0.2, 0) is 20.0 Å². The van der Waals surface area contributed by atoms with Crippen LogP contribution >= 0.6 is 0 Å². The second-order valence-corrected chi connectivity index (χ2v) is 10.5. The number of hydrogen-bond donors (Lipinski definition) is 1. The monoisotopic (exact) mass is 420 g/mol. The molecule has 150 valence electrons. The lowest BCUT2D eigenvalue weighted by Gasteiger charge is -2.30. The van der Waals surface area contributed by atoms with Gasteiger partial charge in [-0.25, -0.2) is 16.8 Å². The first-order chi connectivity index (χ1) is 13.3. The fourth-order valence-electron chi connectivity index (χ4n) is 3.14. The van der Waals surface area contributed by atoms with Crippen molar-refractivity contribution in [3.05, 3.63) is 65.6 Å². The minimum atomic E-state index is -3.70. The van der Waals surface area contributed by atoms with Crippen LogP contribution in [0.2, 0.25) is 0 Å². The Bertz CT molecular complexity index is 1030. The van der Waals surface area contributed by atoms with Crippen LogP contribution in [0.1, 0.15) is 25.3 Å². The summed E-state index contributed by atoms with van der Waals surface area (Å²) in [5, 5.41) is 1.09. The molecule has 0 unspecified atom stereocenters. The summed E-state index contributed by atoms with van der Waals surface area (Å²) in [5.41, 5.74) is 1.08. The molecule has 0 radical (unpaired) electrons. The fourth-order valence-corrected chi connectivity index (χ4v) is 5.61. The van der Waals surface area contributed by atoms with Gasteiger partial charge in [0, 0.05) is 18.8 Å². The molecule has 6 nitrogen and oxygen atoms in total. The second-order valence-electron chi connectivity index (χ2n) is 7.00. The van der Waals surface area contributed by atoms with Crippen molar-refractivity contribution in [3.63, 3.8) is 0 Å². The van der Waals surface area contributed by atoms with Gasteiger partial charge in [-0.2, -0.15) is 4.31 Å². The van der Waals surface area contributed by atoms with Crippen molar-refractivity contribution in [1.29, 1.82) is 0 Å². The lowest BCUT2D eigenvalue weighted by molar-refractivity contribution is 0.281. The van der Waals surface area contributed by atoms with Crippen molar-refractivity contribution in [2.75, 3.05) is 17.8 Å².